The number of aliphatic hydroxyl groups is 1. The number of amides is 3. The van der Waals surface area contributed by atoms with Crippen LogP contribution in [-0.2, 0) is 30.5 Å². The first-order valence-electron chi connectivity index (χ1n) is 9.65. The van der Waals surface area contributed by atoms with Crippen LogP contribution >= 0.6 is 0 Å². The molecule has 2 aromatic rings. The van der Waals surface area contributed by atoms with E-state index < -0.39 is 35.6 Å². The third-order valence-corrected chi connectivity index (χ3v) is 5.29. The number of hydrogen-bond acceptors (Lipinski definition) is 5. The van der Waals surface area contributed by atoms with Crippen molar-refractivity contribution in [2.45, 2.75) is 31.8 Å². The molecule has 4 rings (SSSR count). The Morgan fingerprint density at radius 2 is 2.12 bits per heavy atom. The summed E-state index contributed by atoms with van der Waals surface area (Å²) in [6.45, 7) is 0.0182. The second kappa shape index (κ2) is 8.06. The van der Waals surface area contributed by atoms with Crippen LogP contribution in [0.4, 0.5) is 28.0 Å². The van der Waals surface area contributed by atoms with Gasteiger partial charge in [-0.25, -0.2) is 14.2 Å². The number of aromatic nitrogens is 2. The van der Waals surface area contributed by atoms with Gasteiger partial charge in [-0.1, -0.05) is 0 Å². The Labute approximate surface area is 179 Å². The summed E-state index contributed by atoms with van der Waals surface area (Å²) >= 11 is 0. The van der Waals surface area contributed by atoms with E-state index in [-0.39, 0.29) is 37.6 Å². The smallest absolute Gasteiger partial charge is 0.393 e. The van der Waals surface area contributed by atoms with Crippen LogP contribution in [0.5, 0.6) is 0 Å². The third kappa shape index (κ3) is 4.00. The zero-order valence-electron chi connectivity index (χ0n) is 16.8. The zero-order valence-corrected chi connectivity index (χ0v) is 16.8. The number of hydrogen-bond donors (Lipinski definition) is 2. The summed E-state index contributed by atoms with van der Waals surface area (Å²) in [5.74, 6) is -1.93. The Bertz CT molecular complexity index is 1070. The van der Waals surface area contributed by atoms with E-state index in [1.807, 2.05) is 0 Å². The fourth-order valence-corrected chi connectivity index (χ4v) is 3.73. The Kier molecular flexibility index (Phi) is 5.54. The topological polar surface area (TPSA) is 99.9 Å². The predicted molar refractivity (Wildman–Crippen MR) is 101 cm³/mol. The predicted octanol–water partition coefficient (Wildman–Crippen LogP) is 2.01. The standard InChI is InChI=1S/C19H19F4N5O4/c1-26-17(30)16-12-8-27(5-4-15(12)25-28(16)7-11(9-29)32-26)18(31)24-10-2-3-14(20)13(6-10)19(21,22)23/h2-3,6,11,29H,4-5,7-9H2,1H3,(H,24,31)/t11-/m1/s1. The molecule has 0 saturated carbocycles. The lowest BCUT2D eigenvalue weighted by Gasteiger charge is -2.27. The second-order valence-electron chi connectivity index (χ2n) is 7.46. The number of benzene rings is 1. The molecule has 9 nitrogen and oxygen atoms in total. The van der Waals surface area contributed by atoms with Crippen molar-refractivity contribution in [2.75, 3.05) is 25.5 Å². The number of rotatable bonds is 2. The number of nitrogens with zero attached hydrogens (tertiary/aromatic N) is 4. The maximum atomic E-state index is 13.5. The number of carbonyl (C=O) groups is 2. The van der Waals surface area contributed by atoms with Crippen LogP contribution in [0.1, 0.15) is 27.3 Å². The van der Waals surface area contributed by atoms with Crippen molar-refractivity contribution in [1.82, 2.24) is 19.7 Å². The van der Waals surface area contributed by atoms with Crippen LogP contribution in [0.25, 0.3) is 0 Å². The number of aliphatic hydroxyl groups excluding tert-OH is 1. The number of carbonyl (C=O) groups excluding carboxylic acids is 2. The summed E-state index contributed by atoms with van der Waals surface area (Å²) in [5.41, 5.74) is -0.355. The first-order chi connectivity index (χ1) is 15.1. The molecular formula is C19H19F4N5O4. The number of fused-ring (bicyclic) bond motifs is 3. The highest BCUT2D eigenvalue weighted by Crippen LogP contribution is 2.33. The SMILES string of the molecule is CN1O[C@@H](CO)Cn2nc3c(c2C1=O)CN(C(=O)Nc1ccc(F)c(C(F)(F)F)c1)CC3. The van der Waals surface area contributed by atoms with Gasteiger partial charge >= 0.3 is 12.2 Å². The van der Waals surface area contributed by atoms with E-state index in [0.29, 0.717) is 29.8 Å². The van der Waals surface area contributed by atoms with Crippen molar-refractivity contribution in [1.29, 1.82) is 0 Å². The molecule has 0 radical (unpaired) electrons. The molecule has 1 atom stereocenters. The highest BCUT2D eigenvalue weighted by Gasteiger charge is 2.36. The number of urea groups is 1. The van der Waals surface area contributed by atoms with Crippen molar-refractivity contribution in [3.8, 4) is 0 Å². The Morgan fingerprint density at radius 1 is 1.38 bits per heavy atom. The molecule has 3 heterocycles. The highest BCUT2D eigenvalue weighted by molar-refractivity contribution is 5.94. The Morgan fingerprint density at radius 3 is 2.81 bits per heavy atom. The maximum absolute atomic E-state index is 13.5. The lowest BCUT2D eigenvalue weighted by molar-refractivity contribution is -0.159. The average molecular weight is 457 g/mol. The molecule has 13 heteroatoms. The van der Waals surface area contributed by atoms with E-state index in [9.17, 15) is 32.3 Å². The molecule has 0 aliphatic carbocycles. The monoisotopic (exact) mass is 457 g/mol. The summed E-state index contributed by atoms with van der Waals surface area (Å²) in [6, 6.07) is 1.50. The average Bonchev–Trinajstić information content (AvgIpc) is 3.04. The van der Waals surface area contributed by atoms with E-state index >= 15 is 0 Å². The van der Waals surface area contributed by atoms with Crippen LogP contribution in [0.15, 0.2) is 18.2 Å². The van der Waals surface area contributed by atoms with E-state index in [2.05, 4.69) is 10.4 Å². The molecule has 0 saturated heterocycles. The first-order valence-corrected chi connectivity index (χ1v) is 9.65. The molecule has 0 bridgehead atoms. The highest BCUT2D eigenvalue weighted by atomic mass is 19.4. The van der Waals surface area contributed by atoms with E-state index in [0.717, 1.165) is 11.1 Å². The molecule has 32 heavy (non-hydrogen) atoms. The molecule has 1 aromatic heterocycles. The van der Waals surface area contributed by atoms with Crippen molar-refractivity contribution in [3.05, 3.63) is 46.5 Å². The van der Waals surface area contributed by atoms with Crippen molar-refractivity contribution in [2.24, 2.45) is 0 Å². The zero-order chi connectivity index (χ0) is 23.2. The maximum Gasteiger partial charge on any atom is 0.419 e. The van der Waals surface area contributed by atoms with Crippen LogP contribution in [0.3, 0.4) is 0 Å². The van der Waals surface area contributed by atoms with E-state index in [1.54, 1.807) is 0 Å². The van der Waals surface area contributed by atoms with Gasteiger partial charge in [0.15, 0.2) is 0 Å². The minimum atomic E-state index is -4.90. The Hall–Kier alpha value is -3.19. The molecular weight excluding hydrogens is 438 g/mol. The molecule has 0 spiro atoms. The third-order valence-electron chi connectivity index (χ3n) is 5.29. The van der Waals surface area contributed by atoms with Crippen LogP contribution in [0, 0.1) is 5.82 Å². The molecule has 172 valence electrons. The molecule has 2 aliphatic rings. The van der Waals surface area contributed by atoms with Gasteiger partial charge in [0.25, 0.3) is 5.91 Å². The van der Waals surface area contributed by atoms with Gasteiger partial charge in [-0.05, 0) is 18.2 Å². The number of alkyl halides is 3. The molecule has 2 aliphatic heterocycles. The van der Waals surface area contributed by atoms with Gasteiger partial charge in [-0.3, -0.25) is 14.3 Å². The van der Waals surface area contributed by atoms with Crippen molar-refractivity contribution < 1.29 is 37.1 Å². The van der Waals surface area contributed by atoms with Gasteiger partial charge in [-0.15, -0.1) is 0 Å². The van der Waals surface area contributed by atoms with Gasteiger partial charge in [-0.2, -0.15) is 18.3 Å². The number of halogens is 4. The molecule has 1 aromatic carbocycles. The number of nitrogens with one attached hydrogen (secondary N) is 1. The largest absolute Gasteiger partial charge is 0.419 e. The molecule has 2 N–H and O–H groups in total. The second-order valence-corrected chi connectivity index (χ2v) is 7.46. The van der Waals surface area contributed by atoms with Crippen molar-refractivity contribution in [3.63, 3.8) is 0 Å². The normalized spacial score (nSPS) is 18.8. The van der Waals surface area contributed by atoms with E-state index in [1.165, 1.54) is 16.6 Å². The van der Waals surface area contributed by atoms with E-state index in [4.69, 9.17) is 4.84 Å². The quantitative estimate of drug-likeness (QED) is 0.673. The minimum absolute atomic E-state index is 0.00675. The van der Waals surface area contributed by atoms with Crippen LogP contribution in [-0.4, -0.2) is 63.1 Å². The van der Waals surface area contributed by atoms with Gasteiger partial charge in [0.05, 0.1) is 31.0 Å². The van der Waals surface area contributed by atoms with Gasteiger partial charge in [0.1, 0.15) is 17.6 Å². The fourth-order valence-electron chi connectivity index (χ4n) is 3.73. The summed E-state index contributed by atoms with van der Waals surface area (Å²) in [7, 11) is 1.40. The number of hydroxylamine groups is 2. The summed E-state index contributed by atoms with van der Waals surface area (Å²) in [5, 5.41) is 17.2. The van der Waals surface area contributed by atoms with Crippen LogP contribution in [0.2, 0.25) is 0 Å². The molecule has 0 fully saturated rings. The lowest BCUT2D eigenvalue weighted by Crippen LogP contribution is -2.39. The summed E-state index contributed by atoms with van der Waals surface area (Å²) in [4.78, 5) is 32.1. The first kappa shape index (κ1) is 22.0. The van der Waals surface area contributed by atoms with Gasteiger partial charge < -0.3 is 15.3 Å². The number of anilines is 1. The summed E-state index contributed by atoms with van der Waals surface area (Å²) < 4.78 is 53.7. The summed E-state index contributed by atoms with van der Waals surface area (Å²) in [6.07, 6.45) is -5.25. The Balaban J connectivity index is 1.56. The minimum Gasteiger partial charge on any atom is -0.393 e. The van der Waals surface area contributed by atoms with Gasteiger partial charge in [0.2, 0.25) is 0 Å². The molecule has 3 amide bonds. The molecule has 0 unspecified atom stereocenters. The van der Waals surface area contributed by atoms with Gasteiger partial charge in [0, 0.05) is 31.3 Å². The van der Waals surface area contributed by atoms with Crippen LogP contribution < -0.4 is 5.32 Å². The lowest BCUT2D eigenvalue weighted by atomic mass is 10.1. The van der Waals surface area contributed by atoms with Crippen molar-refractivity contribution >= 4 is 17.6 Å². The fraction of sp³-hybridized carbons (Fsp3) is 0.421.